The molecule has 0 radical (unpaired) electrons. The Morgan fingerprint density at radius 1 is 1.39 bits per heavy atom. The Labute approximate surface area is 107 Å². The fraction of sp³-hybridized carbons (Fsp3) is 0.667. The predicted molar refractivity (Wildman–Crippen MR) is 71.5 cm³/mol. The van der Waals surface area contributed by atoms with Gasteiger partial charge in [-0.1, -0.05) is 0 Å². The van der Waals surface area contributed by atoms with Gasteiger partial charge < -0.3 is 15.6 Å². The van der Waals surface area contributed by atoms with E-state index < -0.39 is 0 Å². The SMILES string of the molecule is Cc1c(N)nc(C2CN(C)CCCN2C)[nH]c1=O. The van der Waals surface area contributed by atoms with Crippen molar-refractivity contribution >= 4 is 5.82 Å². The van der Waals surface area contributed by atoms with E-state index in [2.05, 4.69) is 33.9 Å². The Balaban J connectivity index is 2.36. The van der Waals surface area contributed by atoms with E-state index >= 15 is 0 Å². The minimum absolute atomic E-state index is 0.0908. The van der Waals surface area contributed by atoms with Crippen LogP contribution in [0.2, 0.25) is 0 Å². The van der Waals surface area contributed by atoms with Gasteiger partial charge in [0.25, 0.3) is 5.56 Å². The average molecular weight is 251 g/mol. The Morgan fingerprint density at radius 3 is 2.78 bits per heavy atom. The summed E-state index contributed by atoms with van der Waals surface area (Å²) in [5.41, 5.74) is 6.13. The first-order valence-electron chi connectivity index (χ1n) is 6.24. The number of hydrogen-bond acceptors (Lipinski definition) is 5. The molecule has 18 heavy (non-hydrogen) atoms. The molecule has 0 amide bonds. The van der Waals surface area contributed by atoms with Gasteiger partial charge >= 0.3 is 0 Å². The molecule has 1 aromatic heterocycles. The van der Waals surface area contributed by atoms with Gasteiger partial charge in [-0.15, -0.1) is 0 Å². The van der Waals surface area contributed by atoms with Crippen LogP contribution < -0.4 is 11.3 Å². The average Bonchev–Trinajstić information content (AvgIpc) is 2.47. The van der Waals surface area contributed by atoms with Crippen molar-refractivity contribution in [2.24, 2.45) is 0 Å². The molecule has 2 heterocycles. The smallest absolute Gasteiger partial charge is 0.255 e. The van der Waals surface area contributed by atoms with Crippen LogP contribution in [0.25, 0.3) is 0 Å². The maximum absolute atomic E-state index is 11.8. The molecular weight excluding hydrogens is 230 g/mol. The van der Waals surface area contributed by atoms with Gasteiger partial charge in [0.1, 0.15) is 11.6 Å². The first kappa shape index (κ1) is 13.0. The van der Waals surface area contributed by atoms with E-state index in [9.17, 15) is 4.79 Å². The summed E-state index contributed by atoms with van der Waals surface area (Å²) >= 11 is 0. The van der Waals surface area contributed by atoms with Crippen molar-refractivity contribution in [1.29, 1.82) is 0 Å². The Morgan fingerprint density at radius 2 is 2.11 bits per heavy atom. The molecule has 0 spiro atoms. The molecule has 1 aliphatic rings. The van der Waals surface area contributed by atoms with E-state index in [0.717, 1.165) is 26.1 Å². The molecule has 0 bridgehead atoms. The number of aromatic nitrogens is 2. The summed E-state index contributed by atoms with van der Waals surface area (Å²) in [6, 6.07) is 0.0908. The summed E-state index contributed by atoms with van der Waals surface area (Å²) < 4.78 is 0. The quantitative estimate of drug-likeness (QED) is 0.733. The summed E-state index contributed by atoms with van der Waals surface area (Å²) in [5.74, 6) is 0.994. The van der Waals surface area contributed by atoms with Gasteiger partial charge in [-0.25, -0.2) is 4.98 Å². The molecule has 1 unspecified atom stereocenters. The predicted octanol–water partition coefficient (Wildman–Crippen LogP) is -0.0311. The number of nitrogens with one attached hydrogen (secondary N) is 1. The fourth-order valence-corrected chi connectivity index (χ4v) is 2.29. The maximum Gasteiger partial charge on any atom is 0.255 e. The normalized spacial score (nSPS) is 22.9. The molecule has 0 saturated carbocycles. The van der Waals surface area contributed by atoms with Crippen molar-refractivity contribution in [3.8, 4) is 0 Å². The van der Waals surface area contributed by atoms with Crippen LogP contribution in [0, 0.1) is 6.92 Å². The van der Waals surface area contributed by atoms with E-state index in [1.165, 1.54) is 0 Å². The molecule has 1 aliphatic heterocycles. The van der Waals surface area contributed by atoms with Gasteiger partial charge in [0.05, 0.1) is 11.6 Å². The lowest BCUT2D eigenvalue weighted by atomic mass is 10.2. The number of anilines is 1. The molecule has 1 saturated heterocycles. The number of nitrogens with two attached hydrogens (primary N) is 1. The summed E-state index contributed by atoms with van der Waals surface area (Å²) in [6.07, 6.45) is 1.12. The van der Waals surface area contributed by atoms with E-state index in [4.69, 9.17) is 5.73 Å². The molecule has 1 aromatic rings. The Kier molecular flexibility index (Phi) is 3.68. The third-order valence-electron chi connectivity index (χ3n) is 3.59. The molecule has 100 valence electrons. The standard InChI is InChI=1S/C12H21N5O/c1-8-10(13)14-11(15-12(8)18)9-7-16(2)5-4-6-17(9)3/h9H,4-7H2,1-3H3,(H3,13,14,15,18). The number of nitrogens with zero attached hydrogens (tertiary/aromatic N) is 3. The lowest BCUT2D eigenvalue weighted by Crippen LogP contribution is -2.33. The van der Waals surface area contributed by atoms with Gasteiger partial charge in [-0.3, -0.25) is 9.69 Å². The highest BCUT2D eigenvalue weighted by Gasteiger charge is 2.24. The number of H-pyrrole nitrogens is 1. The maximum atomic E-state index is 11.8. The first-order valence-corrected chi connectivity index (χ1v) is 6.24. The second kappa shape index (κ2) is 5.07. The van der Waals surface area contributed by atoms with Crippen LogP contribution in [0.15, 0.2) is 4.79 Å². The van der Waals surface area contributed by atoms with Crippen LogP contribution in [-0.4, -0.2) is 53.5 Å². The van der Waals surface area contributed by atoms with Crippen LogP contribution in [-0.2, 0) is 0 Å². The second-order valence-corrected chi connectivity index (χ2v) is 5.07. The van der Waals surface area contributed by atoms with E-state index in [-0.39, 0.29) is 11.6 Å². The summed E-state index contributed by atoms with van der Waals surface area (Å²) in [7, 11) is 4.14. The number of likely N-dealkylation sites (N-methyl/N-ethyl adjacent to an activating group) is 2. The lowest BCUT2D eigenvalue weighted by Gasteiger charge is -2.26. The van der Waals surface area contributed by atoms with Gasteiger partial charge in [0.2, 0.25) is 0 Å². The lowest BCUT2D eigenvalue weighted by molar-refractivity contribution is 0.219. The van der Waals surface area contributed by atoms with Crippen molar-refractivity contribution in [3.05, 3.63) is 21.7 Å². The zero-order valence-electron chi connectivity index (χ0n) is 11.2. The molecule has 6 heteroatoms. The number of aromatic amines is 1. The topological polar surface area (TPSA) is 78.2 Å². The third kappa shape index (κ3) is 2.54. The number of nitrogen functional groups attached to an aromatic ring is 1. The van der Waals surface area contributed by atoms with Crippen molar-refractivity contribution in [2.45, 2.75) is 19.4 Å². The van der Waals surface area contributed by atoms with Gasteiger partial charge in [0.15, 0.2) is 0 Å². The number of hydrogen-bond donors (Lipinski definition) is 2. The van der Waals surface area contributed by atoms with E-state index in [1.54, 1.807) is 6.92 Å². The van der Waals surface area contributed by atoms with Crippen LogP contribution in [0.4, 0.5) is 5.82 Å². The van der Waals surface area contributed by atoms with Gasteiger partial charge in [-0.05, 0) is 40.5 Å². The largest absolute Gasteiger partial charge is 0.383 e. The highest BCUT2D eigenvalue weighted by molar-refractivity contribution is 5.36. The van der Waals surface area contributed by atoms with Crippen molar-refractivity contribution in [3.63, 3.8) is 0 Å². The van der Waals surface area contributed by atoms with Crippen molar-refractivity contribution in [2.75, 3.05) is 39.5 Å². The summed E-state index contributed by atoms with van der Waals surface area (Å²) in [4.78, 5) is 23.4. The van der Waals surface area contributed by atoms with E-state index in [1.807, 2.05) is 0 Å². The fourth-order valence-electron chi connectivity index (χ4n) is 2.29. The number of rotatable bonds is 1. The first-order chi connectivity index (χ1) is 8.49. The summed E-state index contributed by atoms with van der Waals surface area (Å²) in [5, 5.41) is 0. The van der Waals surface area contributed by atoms with Crippen LogP contribution in [0.1, 0.15) is 23.9 Å². The molecule has 1 atom stereocenters. The van der Waals surface area contributed by atoms with Gasteiger partial charge in [0, 0.05) is 6.54 Å². The molecule has 0 aliphatic carbocycles. The highest BCUT2D eigenvalue weighted by Crippen LogP contribution is 2.20. The molecule has 1 fully saturated rings. The second-order valence-electron chi connectivity index (χ2n) is 5.07. The highest BCUT2D eigenvalue weighted by atomic mass is 16.1. The molecule has 2 rings (SSSR count). The minimum Gasteiger partial charge on any atom is -0.383 e. The molecule has 3 N–H and O–H groups in total. The van der Waals surface area contributed by atoms with Crippen LogP contribution >= 0.6 is 0 Å². The van der Waals surface area contributed by atoms with Crippen molar-refractivity contribution < 1.29 is 0 Å². The van der Waals surface area contributed by atoms with E-state index in [0.29, 0.717) is 17.2 Å². The Bertz CT molecular complexity index is 484. The zero-order chi connectivity index (χ0) is 13.3. The van der Waals surface area contributed by atoms with Crippen LogP contribution in [0.3, 0.4) is 0 Å². The Hall–Kier alpha value is -1.40. The minimum atomic E-state index is -0.141. The third-order valence-corrected chi connectivity index (χ3v) is 3.59. The summed E-state index contributed by atoms with van der Waals surface area (Å²) in [6.45, 7) is 4.59. The van der Waals surface area contributed by atoms with Crippen molar-refractivity contribution in [1.82, 2.24) is 19.8 Å². The van der Waals surface area contributed by atoms with Crippen LogP contribution in [0.5, 0.6) is 0 Å². The molecular formula is C12H21N5O. The molecule has 6 nitrogen and oxygen atoms in total. The monoisotopic (exact) mass is 251 g/mol. The molecule has 0 aromatic carbocycles. The van der Waals surface area contributed by atoms with Gasteiger partial charge in [-0.2, -0.15) is 0 Å². The zero-order valence-corrected chi connectivity index (χ0v) is 11.2.